The molecule has 0 radical (unpaired) electrons. The highest BCUT2D eigenvalue weighted by Crippen LogP contribution is 2.19. The number of nitrogens with zero attached hydrogens (tertiary/aromatic N) is 3. The Morgan fingerprint density at radius 2 is 1.96 bits per heavy atom. The molecule has 2 fully saturated rings. The predicted octanol–water partition coefficient (Wildman–Crippen LogP) is 1.81. The summed E-state index contributed by atoms with van der Waals surface area (Å²) in [6.07, 6.45) is 8.39. The highest BCUT2D eigenvalue weighted by Gasteiger charge is 2.20. The molecule has 0 aromatic carbocycles. The van der Waals surface area contributed by atoms with E-state index in [0.29, 0.717) is 0 Å². The van der Waals surface area contributed by atoms with Gasteiger partial charge in [-0.3, -0.25) is 15.0 Å². The second kappa shape index (κ2) is 9.15. The van der Waals surface area contributed by atoms with E-state index < -0.39 is 0 Å². The standard InChI is InChI=1S/C17H27N5O2S/c23-15(20-16(24)19-14-5-2-1-3-6-14)13-21-8-4-9-22(11-10-21)17-18-7-12-25-17/h7,12,14H,1-6,8-11,13H2,(H2,19,20,23,24). The lowest BCUT2D eigenvalue weighted by Crippen LogP contribution is -2.48. The Bertz CT molecular complexity index is 559. The molecule has 2 N–H and O–H groups in total. The molecule has 138 valence electrons. The van der Waals surface area contributed by atoms with Crippen molar-refractivity contribution < 1.29 is 9.59 Å². The van der Waals surface area contributed by atoms with Crippen molar-refractivity contribution in [2.75, 3.05) is 37.6 Å². The van der Waals surface area contributed by atoms with Crippen LogP contribution in [-0.4, -0.2) is 60.6 Å². The van der Waals surface area contributed by atoms with E-state index in [4.69, 9.17) is 0 Å². The van der Waals surface area contributed by atoms with Crippen molar-refractivity contribution in [2.24, 2.45) is 0 Å². The first-order valence-electron chi connectivity index (χ1n) is 9.18. The highest BCUT2D eigenvalue weighted by molar-refractivity contribution is 7.13. The number of hydrogen-bond acceptors (Lipinski definition) is 6. The topological polar surface area (TPSA) is 77.6 Å². The Balaban J connectivity index is 1.39. The van der Waals surface area contributed by atoms with Gasteiger partial charge in [0.2, 0.25) is 5.91 Å². The first-order valence-corrected chi connectivity index (χ1v) is 10.1. The molecule has 7 nitrogen and oxygen atoms in total. The van der Waals surface area contributed by atoms with Crippen molar-refractivity contribution in [3.63, 3.8) is 0 Å². The smallest absolute Gasteiger partial charge is 0.321 e. The number of nitrogens with one attached hydrogen (secondary N) is 2. The van der Waals surface area contributed by atoms with Gasteiger partial charge in [-0.1, -0.05) is 19.3 Å². The minimum Gasteiger partial charge on any atom is -0.347 e. The molecule has 2 heterocycles. The van der Waals surface area contributed by atoms with Crippen LogP contribution in [0.15, 0.2) is 11.6 Å². The van der Waals surface area contributed by atoms with Crippen molar-refractivity contribution in [2.45, 2.75) is 44.6 Å². The number of amides is 3. The van der Waals surface area contributed by atoms with E-state index in [1.807, 2.05) is 11.6 Å². The van der Waals surface area contributed by atoms with Crippen LogP contribution in [0.1, 0.15) is 38.5 Å². The predicted molar refractivity (Wildman–Crippen MR) is 98.9 cm³/mol. The minimum absolute atomic E-state index is 0.214. The van der Waals surface area contributed by atoms with Gasteiger partial charge >= 0.3 is 6.03 Å². The molecule has 1 aliphatic heterocycles. The third-order valence-electron chi connectivity index (χ3n) is 4.84. The number of rotatable bonds is 4. The summed E-state index contributed by atoms with van der Waals surface area (Å²) in [4.78, 5) is 32.8. The van der Waals surface area contributed by atoms with Crippen LogP contribution in [0, 0.1) is 0 Å². The number of aromatic nitrogens is 1. The summed E-state index contributed by atoms with van der Waals surface area (Å²) in [6, 6.07) is -0.136. The molecule has 3 amide bonds. The van der Waals surface area contributed by atoms with Crippen molar-refractivity contribution in [3.05, 3.63) is 11.6 Å². The van der Waals surface area contributed by atoms with Gasteiger partial charge in [0.15, 0.2) is 5.13 Å². The minimum atomic E-state index is -0.351. The fourth-order valence-corrected chi connectivity index (χ4v) is 4.23. The molecule has 8 heteroatoms. The van der Waals surface area contributed by atoms with Gasteiger partial charge in [-0.15, -0.1) is 11.3 Å². The molecule has 1 aliphatic carbocycles. The van der Waals surface area contributed by atoms with Crippen LogP contribution in [0.5, 0.6) is 0 Å². The first kappa shape index (κ1) is 18.1. The molecule has 1 saturated heterocycles. The van der Waals surface area contributed by atoms with E-state index in [1.54, 1.807) is 11.3 Å². The summed E-state index contributed by atoms with van der Waals surface area (Å²) in [5, 5.41) is 8.42. The average Bonchev–Trinajstić information content (AvgIpc) is 3.03. The first-order chi connectivity index (χ1) is 12.2. The maximum atomic E-state index is 12.1. The van der Waals surface area contributed by atoms with Crippen molar-refractivity contribution in [3.8, 4) is 0 Å². The number of urea groups is 1. The Labute approximate surface area is 152 Å². The van der Waals surface area contributed by atoms with Gasteiger partial charge < -0.3 is 10.2 Å². The molecule has 2 aliphatic rings. The zero-order valence-electron chi connectivity index (χ0n) is 14.6. The lowest BCUT2D eigenvalue weighted by Gasteiger charge is -2.23. The average molecular weight is 366 g/mol. The molecule has 0 bridgehead atoms. The third-order valence-corrected chi connectivity index (χ3v) is 5.67. The fraction of sp³-hybridized carbons (Fsp3) is 0.706. The van der Waals surface area contributed by atoms with E-state index in [2.05, 4.69) is 25.4 Å². The van der Waals surface area contributed by atoms with Gasteiger partial charge in [0.1, 0.15) is 0 Å². The number of imide groups is 1. The van der Waals surface area contributed by atoms with E-state index in [0.717, 1.165) is 63.4 Å². The molecule has 0 atom stereocenters. The largest absolute Gasteiger partial charge is 0.347 e. The monoisotopic (exact) mass is 365 g/mol. The lowest BCUT2D eigenvalue weighted by atomic mass is 9.96. The van der Waals surface area contributed by atoms with Crippen LogP contribution >= 0.6 is 11.3 Å². The summed E-state index contributed by atoms with van der Waals surface area (Å²) in [7, 11) is 0. The summed E-state index contributed by atoms with van der Waals surface area (Å²) < 4.78 is 0. The summed E-state index contributed by atoms with van der Waals surface area (Å²) in [5.41, 5.74) is 0. The molecule has 0 unspecified atom stereocenters. The molecule has 1 saturated carbocycles. The Morgan fingerprint density at radius 3 is 2.72 bits per heavy atom. The lowest BCUT2D eigenvalue weighted by molar-refractivity contribution is -0.121. The maximum absolute atomic E-state index is 12.1. The van der Waals surface area contributed by atoms with E-state index in [9.17, 15) is 9.59 Å². The van der Waals surface area contributed by atoms with Gasteiger partial charge in [0, 0.05) is 43.8 Å². The quantitative estimate of drug-likeness (QED) is 0.851. The molecule has 1 aromatic rings. The van der Waals surface area contributed by atoms with Gasteiger partial charge in [-0.2, -0.15) is 0 Å². The molecular formula is C17H27N5O2S. The summed E-state index contributed by atoms with van der Waals surface area (Å²) in [6.45, 7) is 3.74. The van der Waals surface area contributed by atoms with Crippen LogP contribution in [-0.2, 0) is 4.79 Å². The maximum Gasteiger partial charge on any atom is 0.321 e. The summed E-state index contributed by atoms with van der Waals surface area (Å²) in [5.74, 6) is -0.226. The normalized spacial score (nSPS) is 20.1. The number of anilines is 1. The Morgan fingerprint density at radius 1 is 1.12 bits per heavy atom. The van der Waals surface area contributed by atoms with E-state index >= 15 is 0 Å². The second-order valence-corrected chi connectivity index (χ2v) is 7.66. The van der Waals surface area contributed by atoms with Crippen LogP contribution in [0.4, 0.5) is 9.93 Å². The molecule has 25 heavy (non-hydrogen) atoms. The van der Waals surface area contributed by atoms with Gasteiger partial charge in [0.25, 0.3) is 0 Å². The molecular weight excluding hydrogens is 338 g/mol. The number of carbonyl (C=O) groups is 2. The highest BCUT2D eigenvalue weighted by atomic mass is 32.1. The van der Waals surface area contributed by atoms with E-state index in [1.165, 1.54) is 6.42 Å². The molecule has 1 aromatic heterocycles. The zero-order chi connectivity index (χ0) is 17.5. The SMILES string of the molecule is O=C(CN1CCCN(c2nccs2)CC1)NC(=O)NC1CCCCC1. The van der Waals surface area contributed by atoms with Gasteiger partial charge in [-0.05, 0) is 19.3 Å². The zero-order valence-corrected chi connectivity index (χ0v) is 15.4. The molecule has 0 spiro atoms. The molecule has 3 rings (SSSR count). The summed E-state index contributed by atoms with van der Waals surface area (Å²) >= 11 is 1.64. The fourth-order valence-electron chi connectivity index (χ4n) is 3.53. The van der Waals surface area contributed by atoms with Gasteiger partial charge in [-0.25, -0.2) is 9.78 Å². The van der Waals surface area contributed by atoms with Crippen molar-refractivity contribution in [1.82, 2.24) is 20.5 Å². The Kier molecular flexibility index (Phi) is 6.63. The van der Waals surface area contributed by atoms with E-state index in [-0.39, 0.29) is 24.5 Å². The van der Waals surface area contributed by atoms with Crippen LogP contribution in [0.25, 0.3) is 0 Å². The third kappa shape index (κ3) is 5.67. The van der Waals surface area contributed by atoms with Crippen LogP contribution in [0.2, 0.25) is 0 Å². The number of thiazole rings is 1. The van der Waals surface area contributed by atoms with Crippen molar-refractivity contribution >= 4 is 28.4 Å². The Hall–Kier alpha value is -1.67. The number of hydrogen-bond donors (Lipinski definition) is 2. The number of carbonyl (C=O) groups excluding carboxylic acids is 2. The van der Waals surface area contributed by atoms with Gasteiger partial charge in [0.05, 0.1) is 6.54 Å². The van der Waals surface area contributed by atoms with Crippen molar-refractivity contribution in [1.29, 1.82) is 0 Å². The second-order valence-electron chi connectivity index (χ2n) is 6.79. The van der Waals surface area contributed by atoms with Crippen LogP contribution in [0.3, 0.4) is 0 Å². The van der Waals surface area contributed by atoms with Crippen LogP contribution < -0.4 is 15.5 Å².